The number of aryl methyl sites for hydroxylation is 1. The van der Waals surface area contributed by atoms with E-state index in [9.17, 15) is 18.0 Å². The lowest BCUT2D eigenvalue weighted by atomic mass is 9.95. The monoisotopic (exact) mass is 423 g/mol. The van der Waals surface area contributed by atoms with Gasteiger partial charge in [-0.2, -0.15) is 13.2 Å². The van der Waals surface area contributed by atoms with Crippen molar-refractivity contribution in [3.05, 3.63) is 44.7 Å². The molecule has 0 radical (unpaired) electrons. The van der Waals surface area contributed by atoms with Crippen LogP contribution in [0.3, 0.4) is 0 Å². The van der Waals surface area contributed by atoms with E-state index in [0.717, 1.165) is 6.20 Å². The van der Waals surface area contributed by atoms with Crippen LogP contribution in [0.2, 0.25) is 10.2 Å². The number of ether oxygens (including phenoxy) is 3. The molecule has 0 amide bonds. The minimum atomic E-state index is -4.92. The Morgan fingerprint density at radius 1 is 1.04 bits per heavy atom. The molecule has 146 valence electrons. The van der Waals surface area contributed by atoms with E-state index in [1.807, 2.05) is 0 Å². The van der Waals surface area contributed by atoms with Gasteiger partial charge in [0.25, 0.3) is 0 Å². The molecule has 10 heteroatoms. The van der Waals surface area contributed by atoms with Crippen molar-refractivity contribution in [1.29, 1.82) is 0 Å². The lowest BCUT2D eigenvalue weighted by Crippen LogP contribution is -2.18. The van der Waals surface area contributed by atoms with Gasteiger partial charge >= 0.3 is 6.18 Å². The van der Waals surface area contributed by atoms with E-state index >= 15 is 0 Å². The highest BCUT2D eigenvalue weighted by atomic mass is 35.5. The molecule has 1 heterocycles. The van der Waals surface area contributed by atoms with Crippen LogP contribution in [0.1, 0.15) is 27.0 Å². The molecule has 5 nitrogen and oxygen atoms in total. The fourth-order valence-corrected chi connectivity index (χ4v) is 3.11. The first-order valence-corrected chi connectivity index (χ1v) is 8.09. The first-order valence-electron chi connectivity index (χ1n) is 7.33. The van der Waals surface area contributed by atoms with Crippen molar-refractivity contribution in [2.45, 2.75) is 13.1 Å². The predicted molar refractivity (Wildman–Crippen MR) is 93.5 cm³/mol. The van der Waals surface area contributed by atoms with Crippen LogP contribution < -0.4 is 14.2 Å². The molecule has 0 aliphatic carbocycles. The number of pyridine rings is 1. The van der Waals surface area contributed by atoms with Crippen LogP contribution in [0.5, 0.6) is 17.2 Å². The molecular weight excluding hydrogens is 410 g/mol. The van der Waals surface area contributed by atoms with Crippen LogP contribution in [0.25, 0.3) is 0 Å². The van der Waals surface area contributed by atoms with Crippen LogP contribution in [-0.4, -0.2) is 32.1 Å². The molecule has 0 atom stereocenters. The quantitative estimate of drug-likeness (QED) is 0.501. The number of hydrogen-bond donors (Lipinski definition) is 0. The molecule has 1 aromatic heterocycles. The fourth-order valence-electron chi connectivity index (χ4n) is 2.64. The molecule has 0 aliphatic heterocycles. The minimum Gasteiger partial charge on any atom is -0.493 e. The SMILES string of the molecule is COc1cc(C)c(C(=O)c2c(Cl)ncc(Cl)c2C(F)(F)F)c(OC)c1OC. The smallest absolute Gasteiger partial charge is 0.418 e. The summed E-state index contributed by atoms with van der Waals surface area (Å²) < 4.78 is 56.1. The highest BCUT2D eigenvalue weighted by Gasteiger charge is 2.41. The van der Waals surface area contributed by atoms with E-state index in [0.29, 0.717) is 5.56 Å². The number of methoxy groups -OCH3 is 3. The topological polar surface area (TPSA) is 57.7 Å². The Kier molecular flexibility index (Phi) is 6.11. The molecule has 0 aliphatic rings. The Morgan fingerprint density at radius 2 is 1.63 bits per heavy atom. The van der Waals surface area contributed by atoms with Crippen molar-refractivity contribution in [1.82, 2.24) is 4.98 Å². The van der Waals surface area contributed by atoms with Gasteiger partial charge in [-0.25, -0.2) is 4.98 Å². The maximum absolute atomic E-state index is 13.5. The first kappa shape index (κ1) is 21.1. The van der Waals surface area contributed by atoms with Gasteiger partial charge in [-0.1, -0.05) is 23.2 Å². The minimum absolute atomic E-state index is 0.0496. The number of alkyl halides is 3. The zero-order chi connectivity index (χ0) is 20.5. The highest BCUT2D eigenvalue weighted by Crippen LogP contribution is 2.45. The van der Waals surface area contributed by atoms with E-state index < -0.39 is 33.3 Å². The molecule has 0 saturated heterocycles. The summed E-state index contributed by atoms with van der Waals surface area (Å²) in [6, 6.07) is 1.44. The molecule has 0 fully saturated rings. The van der Waals surface area contributed by atoms with Gasteiger partial charge in [0.05, 0.1) is 43.0 Å². The maximum Gasteiger partial charge on any atom is 0.418 e. The summed E-state index contributed by atoms with van der Waals surface area (Å²) in [5, 5.41) is -1.37. The molecule has 2 aromatic rings. The summed E-state index contributed by atoms with van der Waals surface area (Å²) in [5.74, 6) is -0.857. The third-order valence-electron chi connectivity index (χ3n) is 3.75. The lowest BCUT2D eigenvalue weighted by Gasteiger charge is -2.19. The van der Waals surface area contributed by atoms with Crippen molar-refractivity contribution in [3.63, 3.8) is 0 Å². The molecule has 2 rings (SSSR count). The fraction of sp³-hybridized carbons (Fsp3) is 0.294. The van der Waals surface area contributed by atoms with E-state index in [1.165, 1.54) is 34.3 Å². The number of carbonyl (C=O) groups is 1. The third kappa shape index (κ3) is 3.77. The Hall–Kier alpha value is -2.19. The van der Waals surface area contributed by atoms with Crippen LogP contribution in [-0.2, 0) is 6.18 Å². The van der Waals surface area contributed by atoms with Crippen LogP contribution in [0, 0.1) is 6.92 Å². The van der Waals surface area contributed by atoms with Crippen molar-refractivity contribution >= 4 is 29.0 Å². The summed E-state index contributed by atoms with van der Waals surface area (Å²) >= 11 is 11.5. The number of nitrogens with zero attached hydrogens (tertiary/aromatic N) is 1. The Morgan fingerprint density at radius 3 is 2.11 bits per heavy atom. The normalized spacial score (nSPS) is 11.3. The molecular formula is C17H14Cl2F3NO4. The van der Waals surface area contributed by atoms with E-state index in [2.05, 4.69) is 4.98 Å². The van der Waals surface area contributed by atoms with E-state index in [4.69, 9.17) is 37.4 Å². The van der Waals surface area contributed by atoms with Gasteiger partial charge in [-0.05, 0) is 18.6 Å². The van der Waals surface area contributed by atoms with Crippen molar-refractivity contribution in [2.24, 2.45) is 0 Å². The number of hydrogen-bond acceptors (Lipinski definition) is 5. The Labute approximate surface area is 163 Å². The summed E-state index contributed by atoms with van der Waals surface area (Å²) in [4.78, 5) is 16.7. The largest absolute Gasteiger partial charge is 0.493 e. The molecule has 0 unspecified atom stereocenters. The summed E-state index contributed by atoms with van der Waals surface area (Å²) in [5.41, 5.74) is -2.12. The van der Waals surface area contributed by atoms with Gasteiger partial charge in [-0.3, -0.25) is 4.79 Å². The van der Waals surface area contributed by atoms with Crippen LogP contribution in [0.4, 0.5) is 13.2 Å². The third-order valence-corrected chi connectivity index (χ3v) is 4.32. The van der Waals surface area contributed by atoms with E-state index in [-0.39, 0.29) is 22.8 Å². The van der Waals surface area contributed by atoms with Gasteiger partial charge in [-0.15, -0.1) is 0 Å². The van der Waals surface area contributed by atoms with Crippen LogP contribution in [0.15, 0.2) is 12.3 Å². The zero-order valence-corrected chi connectivity index (χ0v) is 16.1. The molecule has 0 spiro atoms. The molecule has 27 heavy (non-hydrogen) atoms. The average molecular weight is 424 g/mol. The van der Waals surface area contributed by atoms with Gasteiger partial charge < -0.3 is 14.2 Å². The number of halogens is 5. The van der Waals surface area contributed by atoms with Crippen LogP contribution >= 0.6 is 23.2 Å². The van der Waals surface area contributed by atoms with Gasteiger partial charge in [0.1, 0.15) is 5.15 Å². The first-order chi connectivity index (χ1) is 12.6. The highest BCUT2D eigenvalue weighted by molar-refractivity contribution is 6.36. The average Bonchev–Trinajstić information content (AvgIpc) is 2.60. The van der Waals surface area contributed by atoms with Gasteiger partial charge in [0.15, 0.2) is 11.5 Å². The summed E-state index contributed by atoms with van der Waals surface area (Å²) in [6.45, 7) is 1.51. The van der Waals surface area contributed by atoms with Gasteiger partial charge in [0.2, 0.25) is 11.5 Å². The summed E-state index contributed by atoms with van der Waals surface area (Å²) in [7, 11) is 3.92. The van der Waals surface area contributed by atoms with Crippen molar-refractivity contribution in [2.75, 3.05) is 21.3 Å². The van der Waals surface area contributed by atoms with Crippen molar-refractivity contribution in [3.8, 4) is 17.2 Å². The number of benzene rings is 1. The standard InChI is InChI=1S/C17H14Cl2F3NO4/c1-7-5-9(25-2)14(26-3)15(27-4)10(7)13(24)11-12(17(20,21)22)8(18)6-23-16(11)19/h5-6H,1-4H3. The van der Waals surface area contributed by atoms with E-state index in [1.54, 1.807) is 0 Å². The summed E-state index contributed by atoms with van der Waals surface area (Å²) in [6.07, 6.45) is -4.19. The zero-order valence-electron chi connectivity index (χ0n) is 14.6. The predicted octanol–water partition coefficient (Wildman–Crippen LogP) is 4.97. The number of carbonyl (C=O) groups excluding carboxylic acids is 1. The number of ketones is 1. The molecule has 0 bridgehead atoms. The Bertz CT molecular complexity index is 901. The number of aromatic nitrogens is 1. The van der Waals surface area contributed by atoms with Crippen molar-refractivity contribution < 1.29 is 32.2 Å². The second-order valence-corrected chi connectivity index (χ2v) is 6.08. The Balaban J connectivity index is 2.87. The lowest BCUT2D eigenvalue weighted by molar-refractivity contribution is -0.137. The maximum atomic E-state index is 13.5. The molecule has 1 aromatic carbocycles. The number of rotatable bonds is 5. The van der Waals surface area contributed by atoms with Gasteiger partial charge in [0, 0.05) is 6.20 Å². The molecule has 0 N–H and O–H groups in total. The second kappa shape index (κ2) is 7.82. The second-order valence-electron chi connectivity index (χ2n) is 5.31. The molecule has 0 saturated carbocycles.